The van der Waals surface area contributed by atoms with Crippen LogP contribution in [0.3, 0.4) is 0 Å². The molecule has 6 heteroatoms. The lowest BCUT2D eigenvalue weighted by Crippen LogP contribution is -2.32. The molecule has 2 aromatic heterocycles. The number of anilines is 1. The first-order chi connectivity index (χ1) is 14.3. The Morgan fingerprint density at radius 1 is 1.20 bits per heavy atom. The van der Waals surface area contributed by atoms with Gasteiger partial charge >= 0.3 is 0 Å². The highest BCUT2D eigenvalue weighted by molar-refractivity contribution is 6.02. The number of aryl methyl sites for hydroxylation is 1. The number of nitrogens with zero attached hydrogens (tertiary/aromatic N) is 1. The van der Waals surface area contributed by atoms with Gasteiger partial charge < -0.3 is 10.3 Å². The van der Waals surface area contributed by atoms with Gasteiger partial charge in [0.15, 0.2) is 11.5 Å². The van der Waals surface area contributed by atoms with Gasteiger partial charge in [0.05, 0.1) is 5.69 Å². The van der Waals surface area contributed by atoms with E-state index in [9.17, 15) is 14.0 Å². The Bertz CT molecular complexity index is 1100. The number of H-pyrrole nitrogens is 1. The Balaban J connectivity index is 1.76. The number of nitrogens with one attached hydrogen (secondary N) is 2. The van der Waals surface area contributed by atoms with Gasteiger partial charge in [0.2, 0.25) is 0 Å². The van der Waals surface area contributed by atoms with E-state index in [0.717, 1.165) is 46.5 Å². The van der Waals surface area contributed by atoms with E-state index in [0.29, 0.717) is 12.8 Å². The van der Waals surface area contributed by atoms with Gasteiger partial charge in [-0.05, 0) is 49.9 Å². The summed E-state index contributed by atoms with van der Waals surface area (Å²) in [4.78, 5) is 32.3. The molecule has 2 N–H and O–H groups in total. The molecular weight excluding hydrogens is 381 g/mol. The molecule has 0 saturated heterocycles. The lowest BCUT2D eigenvalue weighted by molar-refractivity contribution is -0.125. The summed E-state index contributed by atoms with van der Waals surface area (Å²) in [6.45, 7) is 2.41. The van der Waals surface area contributed by atoms with E-state index in [1.54, 1.807) is 12.3 Å². The number of carbonyl (C=O) groups is 2. The van der Waals surface area contributed by atoms with Gasteiger partial charge in [0.1, 0.15) is 5.82 Å². The first-order valence-corrected chi connectivity index (χ1v) is 10.1. The molecule has 30 heavy (non-hydrogen) atoms. The van der Waals surface area contributed by atoms with E-state index >= 15 is 0 Å². The Morgan fingerprint density at radius 2 is 1.97 bits per heavy atom. The van der Waals surface area contributed by atoms with Crippen molar-refractivity contribution in [3.05, 3.63) is 71.0 Å². The molecule has 0 radical (unpaired) electrons. The molecule has 0 aliphatic heterocycles. The smallest absolute Gasteiger partial charge is 0.262 e. The molecule has 4 rings (SSSR count). The SMILES string of the molecule is CC(C)(F)C(=O)Nc1cc(-c2[nH]c3c(c2Cc2ccccc2)C(=O)CCC3)ccn1. The Kier molecular flexibility index (Phi) is 5.24. The summed E-state index contributed by atoms with van der Waals surface area (Å²) in [6.07, 6.45) is 4.40. The summed E-state index contributed by atoms with van der Waals surface area (Å²) < 4.78 is 13.9. The lowest BCUT2D eigenvalue weighted by atomic mass is 9.90. The Labute approximate surface area is 174 Å². The average Bonchev–Trinajstić information content (AvgIpc) is 3.08. The van der Waals surface area contributed by atoms with Crippen molar-refractivity contribution in [1.82, 2.24) is 9.97 Å². The molecule has 1 amide bonds. The molecule has 5 nitrogen and oxygen atoms in total. The fourth-order valence-electron chi connectivity index (χ4n) is 3.81. The minimum absolute atomic E-state index is 0.159. The molecule has 0 saturated carbocycles. The molecule has 1 aromatic carbocycles. The van der Waals surface area contributed by atoms with Gasteiger partial charge in [-0.1, -0.05) is 30.3 Å². The lowest BCUT2D eigenvalue weighted by Gasteiger charge is -2.14. The number of Topliss-reactive ketones (excluding diaryl/α,β-unsaturated/α-hetero) is 1. The monoisotopic (exact) mass is 405 g/mol. The fourth-order valence-corrected chi connectivity index (χ4v) is 3.81. The van der Waals surface area contributed by atoms with Crippen molar-refractivity contribution in [3.8, 4) is 11.3 Å². The zero-order chi connectivity index (χ0) is 21.3. The first-order valence-electron chi connectivity index (χ1n) is 10.1. The van der Waals surface area contributed by atoms with Gasteiger partial charge in [0.25, 0.3) is 5.91 Å². The third-order valence-corrected chi connectivity index (χ3v) is 5.34. The number of amides is 1. The van der Waals surface area contributed by atoms with Crippen LogP contribution in [0, 0.1) is 0 Å². The van der Waals surface area contributed by atoms with Crippen LogP contribution >= 0.6 is 0 Å². The van der Waals surface area contributed by atoms with Crippen molar-refractivity contribution in [3.63, 3.8) is 0 Å². The quantitative estimate of drug-likeness (QED) is 0.636. The largest absolute Gasteiger partial charge is 0.358 e. The van der Waals surface area contributed by atoms with Gasteiger partial charge in [-0.2, -0.15) is 0 Å². The van der Waals surface area contributed by atoms with Crippen LogP contribution in [0.1, 0.15) is 53.9 Å². The predicted molar refractivity (Wildman–Crippen MR) is 114 cm³/mol. The minimum Gasteiger partial charge on any atom is -0.358 e. The minimum atomic E-state index is -2.01. The van der Waals surface area contributed by atoms with Crippen molar-refractivity contribution in [2.75, 3.05) is 5.32 Å². The maximum atomic E-state index is 13.9. The van der Waals surface area contributed by atoms with Gasteiger partial charge in [-0.15, -0.1) is 0 Å². The van der Waals surface area contributed by atoms with Crippen LogP contribution in [-0.4, -0.2) is 27.3 Å². The first kappa shape index (κ1) is 20.0. The second kappa shape index (κ2) is 7.86. The number of fused-ring (bicyclic) bond motifs is 1. The second-order valence-electron chi connectivity index (χ2n) is 8.13. The van der Waals surface area contributed by atoms with Gasteiger partial charge in [-0.25, -0.2) is 9.37 Å². The van der Waals surface area contributed by atoms with E-state index in [4.69, 9.17) is 0 Å². The van der Waals surface area contributed by atoms with Gasteiger partial charge in [-0.3, -0.25) is 9.59 Å². The molecule has 2 heterocycles. The predicted octanol–water partition coefficient (Wildman–Crippen LogP) is 4.87. The van der Waals surface area contributed by atoms with E-state index in [1.165, 1.54) is 13.8 Å². The number of aromatic nitrogens is 2. The summed E-state index contributed by atoms with van der Waals surface area (Å²) in [5.74, 6) is -0.322. The number of hydrogen-bond acceptors (Lipinski definition) is 3. The molecule has 0 spiro atoms. The molecule has 154 valence electrons. The summed E-state index contributed by atoms with van der Waals surface area (Å²) >= 11 is 0. The number of pyridine rings is 1. The normalized spacial score (nSPS) is 13.8. The standard InChI is InChI=1S/C24H24FN3O2/c1-24(2,25)23(30)28-20-14-16(11-12-26-20)22-17(13-15-7-4-3-5-8-15)21-18(27-22)9-6-10-19(21)29/h3-5,7-8,11-12,14,27H,6,9-10,13H2,1-2H3,(H,26,28,30). The van der Waals surface area contributed by atoms with Crippen molar-refractivity contribution >= 4 is 17.5 Å². The van der Waals surface area contributed by atoms with E-state index in [1.807, 2.05) is 36.4 Å². The molecule has 0 atom stereocenters. The maximum Gasteiger partial charge on any atom is 0.262 e. The van der Waals surface area contributed by atoms with Crippen molar-refractivity contribution in [1.29, 1.82) is 0 Å². The van der Waals surface area contributed by atoms with Crippen LogP contribution in [-0.2, 0) is 17.6 Å². The Hall–Kier alpha value is -3.28. The number of hydrogen-bond donors (Lipinski definition) is 2. The van der Waals surface area contributed by atoms with Crippen molar-refractivity contribution < 1.29 is 14.0 Å². The Morgan fingerprint density at radius 3 is 2.70 bits per heavy atom. The molecule has 1 aliphatic carbocycles. The number of rotatable bonds is 5. The van der Waals surface area contributed by atoms with Crippen LogP contribution in [0.4, 0.5) is 10.2 Å². The second-order valence-corrected chi connectivity index (χ2v) is 8.13. The molecule has 3 aromatic rings. The maximum absolute atomic E-state index is 13.9. The number of ketones is 1. The number of carbonyl (C=O) groups excluding carboxylic acids is 2. The van der Waals surface area contributed by atoms with Gasteiger partial charge in [0, 0.05) is 35.9 Å². The number of alkyl halides is 1. The number of halogens is 1. The van der Waals surface area contributed by atoms with Crippen LogP contribution in [0.5, 0.6) is 0 Å². The number of benzene rings is 1. The summed E-state index contributed by atoms with van der Waals surface area (Å²) in [7, 11) is 0. The zero-order valence-electron chi connectivity index (χ0n) is 17.1. The molecular formula is C24H24FN3O2. The highest BCUT2D eigenvalue weighted by atomic mass is 19.1. The summed E-state index contributed by atoms with van der Waals surface area (Å²) in [5, 5.41) is 2.53. The third-order valence-electron chi connectivity index (χ3n) is 5.34. The molecule has 0 unspecified atom stereocenters. The van der Waals surface area contributed by atoms with Crippen LogP contribution in [0.2, 0.25) is 0 Å². The van der Waals surface area contributed by atoms with Crippen LogP contribution in [0.25, 0.3) is 11.3 Å². The molecule has 0 fully saturated rings. The topological polar surface area (TPSA) is 74.8 Å². The van der Waals surface area contributed by atoms with Crippen molar-refractivity contribution in [2.45, 2.75) is 45.2 Å². The molecule has 1 aliphatic rings. The van der Waals surface area contributed by atoms with E-state index in [-0.39, 0.29) is 11.6 Å². The van der Waals surface area contributed by atoms with Crippen molar-refractivity contribution in [2.24, 2.45) is 0 Å². The highest BCUT2D eigenvalue weighted by Crippen LogP contribution is 2.35. The van der Waals surface area contributed by atoms with Crippen LogP contribution < -0.4 is 5.32 Å². The molecule has 0 bridgehead atoms. The third kappa shape index (κ3) is 4.03. The summed E-state index contributed by atoms with van der Waals surface area (Å²) in [6, 6.07) is 13.5. The summed E-state index contributed by atoms with van der Waals surface area (Å²) in [5.41, 5.74) is 3.44. The van der Waals surface area contributed by atoms with Crippen LogP contribution in [0.15, 0.2) is 48.7 Å². The average molecular weight is 405 g/mol. The van der Waals surface area contributed by atoms with E-state index < -0.39 is 11.6 Å². The highest BCUT2D eigenvalue weighted by Gasteiger charge is 2.28. The zero-order valence-corrected chi connectivity index (χ0v) is 17.1. The number of aromatic amines is 1. The van der Waals surface area contributed by atoms with E-state index in [2.05, 4.69) is 15.3 Å². The fraction of sp³-hybridized carbons (Fsp3) is 0.292.